The van der Waals surface area contributed by atoms with Gasteiger partial charge >= 0.3 is 0 Å². The lowest BCUT2D eigenvalue weighted by Crippen LogP contribution is -2.34. The molecule has 1 aromatic rings. The minimum absolute atomic E-state index is 0.0487. The number of hydrogen-bond acceptors (Lipinski definition) is 3. The highest BCUT2D eigenvalue weighted by molar-refractivity contribution is 7.10. The fraction of sp³-hybridized carbons (Fsp3) is 0.417. The van der Waals surface area contributed by atoms with Crippen LogP contribution in [0.25, 0.3) is 0 Å². The van der Waals surface area contributed by atoms with Gasteiger partial charge in [-0.25, -0.2) is 0 Å². The van der Waals surface area contributed by atoms with Crippen molar-refractivity contribution in [2.24, 2.45) is 5.92 Å². The highest BCUT2D eigenvalue weighted by atomic mass is 32.1. The molecule has 2 atom stereocenters. The van der Waals surface area contributed by atoms with Crippen molar-refractivity contribution in [3.8, 4) is 0 Å². The normalized spacial score (nSPS) is 14.1. The molecule has 0 saturated carbocycles. The maximum absolute atomic E-state index is 11.7. The van der Waals surface area contributed by atoms with E-state index >= 15 is 0 Å². The molecule has 2 N–H and O–H groups in total. The largest absolute Gasteiger partial charge is 0.394 e. The van der Waals surface area contributed by atoms with Crippen molar-refractivity contribution in [3.05, 3.63) is 35.0 Å². The molecule has 0 spiro atoms. The zero-order chi connectivity index (χ0) is 12.0. The number of thiophene rings is 1. The topological polar surface area (TPSA) is 49.3 Å². The third kappa shape index (κ3) is 3.47. The molecule has 0 saturated heterocycles. The number of nitrogens with one attached hydrogen (secondary N) is 1. The summed E-state index contributed by atoms with van der Waals surface area (Å²) < 4.78 is 0. The lowest BCUT2D eigenvalue weighted by Gasteiger charge is -2.17. The summed E-state index contributed by atoms with van der Waals surface area (Å²) in [5, 5.41) is 14.0. The van der Waals surface area contributed by atoms with Crippen molar-refractivity contribution >= 4 is 17.2 Å². The van der Waals surface area contributed by atoms with Gasteiger partial charge in [-0.15, -0.1) is 17.9 Å². The van der Waals surface area contributed by atoms with Gasteiger partial charge < -0.3 is 10.4 Å². The molecule has 0 bridgehead atoms. The number of carbonyl (C=O) groups is 1. The van der Waals surface area contributed by atoms with Gasteiger partial charge in [0.1, 0.15) is 0 Å². The first kappa shape index (κ1) is 12.9. The van der Waals surface area contributed by atoms with Crippen LogP contribution >= 0.6 is 11.3 Å². The van der Waals surface area contributed by atoms with Crippen molar-refractivity contribution in [1.82, 2.24) is 5.32 Å². The SMILES string of the molecule is C=CC[C@H](C)C(=O)N[C@@H](CO)c1cccs1. The Balaban J connectivity index is 2.57. The van der Waals surface area contributed by atoms with Gasteiger partial charge in [-0.1, -0.05) is 19.1 Å². The molecule has 0 aliphatic heterocycles. The van der Waals surface area contributed by atoms with Gasteiger partial charge in [0, 0.05) is 10.8 Å². The Kier molecular flexibility index (Phi) is 5.22. The Morgan fingerprint density at radius 1 is 1.75 bits per heavy atom. The van der Waals surface area contributed by atoms with Gasteiger partial charge in [0.05, 0.1) is 12.6 Å². The van der Waals surface area contributed by atoms with E-state index in [1.807, 2.05) is 24.4 Å². The maximum atomic E-state index is 11.7. The molecule has 88 valence electrons. The van der Waals surface area contributed by atoms with Crippen LogP contribution in [-0.4, -0.2) is 17.6 Å². The van der Waals surface area contributed by atoms with Gasteiger partial charge in [0.25, 0.3) is 0 Å². The smallest absolute Gasteiger partial charge is 0.223 e. The second-order valence-electron chi connectivity index (χ2n) is 3.68. The number of carbonyl (C=O) groups excluding carboxylic acids is 1. The standard InChI is InChI=1S/C12H17NO2S/c1-3-5-9(2)12(15)13-10(8-14)11-6-4-7-16-11/h3-4,6-7,9-10,14H,1,5,8H2,2H3,(H,13,15)/t9-,10-/m0/s1. The Labute approximate surface area is 99.8 Å². The van der Waals surface area contributed by atoms with Crippen molar-refractivity contribution in [2.45, 2.75) is 19.4 Å². The van der Waals surface area contributed by atoms with E-state index in [2.05, 4.69) is 11.9 Å². The first-order valence-corrected chi connectivity index (χ1v) is 6.12. The van der Waals surface area contributed by atoms with Gasteiger partial charge in [-0.2, -0.15) is 0 Å². The molecule has 1 amide bonds. The highest BCUT2D eigenvalue weighted by Gasteiger charge is 2.17. The summed E-state index contributed by atoms with van der Waals surface area (Å²) in [6.07, 6.45) is 2.37. The molecule has 0 aromatic carbocycles. The maximum Gasteiger partial charge on any atom is 0.223 e. The van der Waals surface area contributed by atoms with E-state index in [4.69, 9.17) is 0 Å². The first-order valence-electron chi connectivity index (χ1n) is 5.24. The zero-order valence-corrected chi connectivity index (χ0v) is 10.2. The van der Waals surface area contributed by atoms with E-state index in [0.29, 0.717) is 6.42 Å². The Hall–Kier alpha value is -1.13. The molecule has 0 radical (unpaired) electrons. The van der Waals surface area contributed by atoms with Gasteiger partial charge in [-0.3, -0.25) is 4.79 Å². The van der Waals surface area contributed by atoms with E-state index in [9.17, 15) is 9.90 Å². The predicted molar refractivity (Wildman–Crippen MR) is 66.3 cm³/mol. The zero-order valence-electron chi connectivity index (χ0n) is 9.35. The molecular weight excluding hydrogens is 222 g/mol. The predicted octanol–water partition coefficient (Wildman–Crippen LogP) is 2.11. The summed E-state index contributed by atoms with van der Waals surface area (Å²) in [4.78, 5) is 12.7. The van der Waals surface area contributed by atoms with E-state index in [-0.39, 0.29) is 24.5 Å². The molecule has 1 heterocycles. The molecule has 16 heavy (non-hydrogen) atoms. The number of aliphatic hydroxyl groups excluding tert-OH is 1. The summed E-state index contributed by atoms with van der Waals surface area (Å²) in [5.74, 6) is -0.154. The van der Waals surface area contributed by atoms with Crippen LogP contribution in [0, 0.1) is 5.92 Å². The van der Waals surface area contributed by atoms with Crippen molar-refractivity contribution in [2.75, 3.05) is 6.61 Å². The Morgan fingerprint density at radius 2 is 2.50 bits per heavy atom. The van der Waals surface area contributed by atoms with Crippen molar-refractivity contribution < 1.29 is 9.90 Å². The quantitative estimate of drug-likeness (QED) is 0.747. The molecule has 0 fully saturated rings. The average Bonchev–Trinajstić information content (AvgIpc) is 2.79. The summed E-state index contributed by atoms with van der Waals surface area (Å²) >= 11 is 1.53. The lowest BCUT2D eigenvalue weighted by molar-refractivity contribution is -0.125. The summed E-state index contributed by atoms with van der Waals surface area (Å²) in [7, 11) is 0. The van der Waals surface area contributed by atoms with Crippen molar-refractivity contribution in [3.63, 3.8) is 0 Å². The van der Waals surface area contributed by atoms with Crippen molar-refractivity contribution in [1.29, 1.82) is 0 Å². The van der Waals surface area contributed by atoms with Crippen LogP contribution in [0.15, 0.2) is 30.2 Å². The summed E-state index contributed by atoms with van der Waals surface area (Å²) in [6, 6.07) is 3.52. The van der Waals surface area contributed by atoms with Gasteiger partial charge in [0.15, 0.2) is 0 Å². The minimum atomic E-state index is -0.292. The second kappa shape index (κ2) is 6.45. The van der Waals surface area contributed by atoms with Gasteiger partial charge in [-0.05, 0) is 17.9 Å². The average molecular weight is 239 g/mol. The number of aliphatic hydroxyl groups is 1. The summed E-state index contributed by atoms with van der Waals surface area (Å²) in [6.45, 7) is 5.38. The third-order valence-corrected chi connectivity index (χ3v) is 3.34. The second-order valence-corrected chi connectivity index (χ2v) is 4.66. The number of rotatable bonds is 6. The molecule has 1 aromatic heterocycles. The van der Waals surface area contributed by atoms with Crippen LogP contribution in [0.2, 0.25) is 0 Å². The van der Waals surface area contributed by atoms with Crippen LogP contribution in [0.5, 0.6) is 0 Å². The highest BCUT2D eigenvalue weighted by Crippen LogP contribution is 2.19. The summed E-state index contributed by atoms with van der Waals surface area (Å²) in [5.41, 5.74) is 0. The van der Waals surface area contributed by atoms with Crippen LogP contribution < -0.4 is 5.32 Å². The minimum Gasteiger partial charge on any atom is -0.394 e. The fourth-order valence-electron chi connectivity index (χ4n) is 1.37. The van der Waals surface area contributed by atoms with Crippen LogP contribution in [0.1, 0.15) is 24.3 Å². The fourth-order valence-corrected chi connectivity index (χ4v) is 2.14. The van der Waals surface area contributed by atoms with E-state index < -0.39 is 0 Å². The van der Waals surface area contributed by atoms with Crippen LogP contribution in [-0.2, 0) is 4.79 Å². The van der Waals surface area contributed by atoms with E-state index in [1.54, 1.807) is 6.08 Å². The molecule has 4 heteroatoms. The lowest BCUT2D eigenvalue weighted by atomic mass is 10.1. The van der Waals surface area contributed by atoms with E-state index in [0.717, 1.165) is 4.88 Å². The monoisotopic (exact) mass is 239 g/mol. The number of hydrogen-bond donors (Lipinski definition) is 2. The number of amides is 1. The Bertz CT molecular complexity index is 335. The molecule has 0 aliphatic rings. The molecule has 0 aliphatic carbocycles. The Morgan fingerprint density at radius 3 is 3.00 bits per heavy atom. The van der Waals surface area contributed by atoms with E-state index in [1.165, 1.54) is 11.3 Å². The third-order valence-electron chi connectivity index (χ3n) is 2.35. The first-order chi connectivity index (χ1) is 7.69. The van der Waals surface area contributed by atoms with Crippen LogP contribution in [0.3, 0.4) is 0 Å². The van der Waals surface area contributed by atoms with Crippen LogP contribution in [0.4, 0.5) is 0 Å². The van der Waals surface area contributed by atoms with Gasteiger partial charge in [0.2, 0.25) is 5.91 Å². The molecule has 0 unspecified atom stereocenters. The molecule has 3 nitrogen and oxygen atoms in total. The molecule has 1 rings (SSSR count). The molecular formula is C12H17NO2S. The number of allylic oxidation sites excluding steroid dienone is 1.